The maximum Gasteiger partial charge on any atom is 0.409 e. The molecule has 0 bridgehead atoms. The highest BCUT2D eigenvalue weighted by Gasteiger charge is 2.23. The van der Waals surface area contributed by atoms with Crippen molar-refractivity contribution in [2.24, 2.45) is 16.6 Å². The number of nitrogens with one attached hydrogen (secondary N) is 1. The Morgan fingerprint density at radius 3 is 2.55 bits per heavy atom. The second-order valence-corrected chi connectivity index (χ2v) is 5.96. The van der Waals surface area contributed by atoms with Crippen molar-refractivity contribution in [3.63, 3.8) is 0 Å². The molecule has 0 aromatic rings. The topological polar surface area (TPSA) is 80.0 Å². The molecule has 3 N–H and O–H groups in total. The Kier molecular flexibility index (Phi) is 8.89. The lowest BCUT2D eigenvalue weighted by Gasteiger charge is -2.31. The summed E-state index contributed by atoms with van der Waals surface area (Å²) in [5.74, 6) is 1.42. The summed E-state index contributed by atoms with van der Waals surface area (Å²) in [5.41, 5.74) is 5.93. The molecule has 1 aliphatic carbocycles. The van der Waals surface area contributed by atoms with E-state index in [0.29, 0.717) is 31.7 Å². The summed E-state index contributed by atoms with van der Waals surface area (Å²) in [7, 11) is 0. The average Bonchev–Trinajstić information content (AvgIpc) is 2.42. The number of nitrogens with zero attached hydrogens (tertiary/aromatic N) is 2. The van der Waals surface area contributed by atoms with Crippen LogP contribution in [-0.2, 0) is 4.74 Å². The number of hydrogen-bond acceptors (Lipinski definition) is 3. The van der Waals surface area contributed by atoms with Gasteiger partial charge in [-0.1, -0.05) is 19.3 Å². The summed E-state index contributed by atoms with van der Waals surface area (Å²) < 4.78 is 5.01. The van der Waals surface area contributed by atoms with Crippen LogP contribution in [0.4, 0.5) is 4.79 Å². The van der Waals surface area contributed by atoms with E-state index in [2.05, 4.69) is 10.3 Å². The van der Waals surface area contributed by atoms with Crippen LogP contribution in [0, 0.1) is 5.92 Å². The molecule has 1 saturated carbocycles. The monoisotopic (exact) mass is 424 g/mol. The molecule has 1 aliphatic heterocycles. The molecule has 22 heavy (non-hydrogen) atoms. The van der Waals surface area contributed by atoms with Crippen molar-refractivity contribution < 1.29 is 9.53 Å². The standard InChI is InChI=1S/C15H28N4O2.HI/c1-2-21-15(20)19-10-7-13(8-11-19)18-14(16)17-9-6-12-4-3-5-12;/h12-13H,2-11H2,1H3,(H3,16,17,18);1H. The third-order valence-corrected chi connectivity index (χ3v) is 4.42. The van der Waals surface area contributed by atoms with Crippen molar-refractivity contribution >= 4 is 36.0 Å². The smallest absolute Gasteiger partial charge is 0.409 e. The van der Waals surface area contributed by atoms with Gasteiger partial charge in [0.2, 0.25) is 0 Å². The highest BCUT2D eigenvalue weighted by molar-refractivity contribution is 14.0. The third kappa shape index (κ3) is 6.18. The zero-order valence-electron chi connectivity index (χ0n) is 13.4. The molecule has 0 radical (unpaired) electrons. The fourth-order valence-corrected chi connectivity index (χ4v) is 2.82. The summed E-state index contributed by atoms with van der Waals surface area (Å²) in [6.45, 7) is 4.51. The van der Waals surface area contributed by atoms with Gasteiger partial charge >= 0.3 is 6.09 Å². The normalized spacial score (nSPS) is 20.0. The van der Waals surface area contributed by atoms with Crippen LogP contribution in [0.2, 0.25) is 0 Å². The largest absolute Gasteiger partial charge is 0.450 e. The van der Waals surface area contributed by atoms with Gasteiger partial charge in [0.25, 0.3) is 0 Å². The van der Waals surface area contributed by atoms with E-state index < -0.39 is 0 Å². The van der Waals surface area contributed by atoms with Gasteiger partial charge in [-0.05, 0) is 32.1 Å². The number of ether oxygens (including phenoxy) is 1. The molecule has 1 saturated heterocycles. The molecular formula is C15H29IN4O2. The Morgan fingerprint density at radius 1 is 1.32 bits per heavy atom. The van der Waals surface area contributed by atoms with Gasteiger partial charge in [-0.2, -0.15) is 0 Å². The number of aliphatic imine (C=N–C) groups is 1. The Morgan fingerprint density at radius 2 is 2.00 bits per heavy atom. The van der Waals surface area contributed by atoms with Crippen molar-refractivity contribution in [1.29, 1.82) is 0 Å². The van der Waals surface area contributed by atoms with E-state index >= 15 is 0 Å². The summed E-state index contributed by atoms with van der Waals surface area (Å²) in [6.07, 6.45) is 6.81. The first-order valence-corrected chi connectivity index (χ1v) is 8.17. The molecule has 2 rings (SSSR count). The lowest BCUT2D eigenvalue weighted by Crippen LogP contribution is -2.48. The number of amides is 1. The maximum atomic E-state index is 11.6. The molecule has 0 unspecified atom stereocenters. The number of nitrogens with two attached hydrogens (primary N) is 1. The molecule has 2 fully saturated rings. The molecule has 0 aromatic carbocycles. The fourth-order valence-electron chi connectivity index (χ4n) is 2.82. The van der Waals surface area contributed by atoms with Crippen LogP contribution < -0.4 is 11.1 Å². The van der Waals surface area contributed by atoms with E-state index in [4.69, 9.17) is 10.5 Å². The maximum absolute atomic E-state index is 11.6. The van der Waals surface area contributed by atoms with Crippen molar-refractivity contribution in [3.8, 4) is 0 Å². The molecule has 0 spiro atoms. The number of hydrogen-bond donors (Lipinski definition) is 2. The third-order valence-electron chi connectivity index (χ3n) is 4.42. The van der Waals surface area contributed by atoms with Crippen molar-refractivity contribution in [2.75, 3.05) is 26.2 Å². The van der Waals surface area contributed by atoms with Crippen molar-refractivity contribution in [3.05, 3.63) is 0 Å². The minimum atomic E-state index is -0.210. The number of likely N-dealkylation sites (tertiary alicyclic amines) is 1. The number of carbonyl (C=O) groups excluding carboxylic acids is 1. The van der Waals surface area contributed by atoms with Gasteiger partial charge in [0.05, 0.1) is 6.61 Å². The van der Waals surface area contributed by atoms with Gasteiger partial charge in [-0.15, -0.1) is 24.0 Å². The summed E-state index contributed by atoms with van der Waals surface area (Å²) in [6, 6.07) is 0.308. The first-order chi connectivity index (χ1) is 10.2. The van der Waals surface area contributed by atoms with E-state index in [9.17, 15) is 4.79 Å². The number of halogens is 1. The van der Waals surface area contributed by atoms with Crippen LogP contribution in [0.3, 0.4) is 0 Å². The van der Waals surface area contributed by atoms with E-state index in [1.807, 2.05) is 6.92 Å². The molecule has 0 aromatic heterocycles. The van der Waals surface area contributed by atoms with Gasteiger partial charge in [0.1, 0.15) is 0 Å². The highest BCUT2D eigenvalue weighted by atomic mass is 127. The number of rotatable bonds is 5. The Labute approximate surface area is 150 Å². The van der Waals surface area contributed by atoms with E-state index in [-0.39, 0.29) is 30.1 Å². The first-order valence-electron chi connectivity index (χ1n) is 8.17. The average molecular weight is 424 g/mol. The molecule has 7 heteroatoms. The zero-order chi connectivity index (χ0) is 15.1. The Balaban J connectivity index is 0.00000242. The van der Waals surface area contributed by atoms with Crippen molar-refractivity contribution in [1.82, 2.24) is 10.2 Å². The van der Waals surface area contributed by atoms with Gasteiger partial charge < -0.3 is 20.7 Å². The Bertz CT molecular complexity index is 367. The van der Waals surface area contributed by atoms with Crippen LogP contribution in [0.1, 0.15) is 45.4 Å². The van der Waals surface area contributed by atoms with Gasteiger partial charge in [-0.25, -0.2) is 4.79 Å². The van der Waals surface area contributed by atoms with Crippen LogP contribution >= 0.6 is 24.0 Å². The minimum absolute atomic E-state index is 0. The summed E-state index contributed by atoms with van der Waals surface area (Å²) in [4.78, 5) is 17.8. The summed E-state index contributed by atoms with van der Waals surface area (Å²) >= 11 is 0. The number of piperidine rings is 1. The predicted octanol–water partition coefficient (Wildman–Crippen LogP) is 2.32. The van der Waals surface area contributed by atoms with Crippen LogP contribution in [0.15, 0.2) is 4.99 Å². The second-order valence-electron chi connectivity index (χ2n) is 5.96. The molecule has 0 atom stereocenters. The van der Waals surface area contributed by atoms with E-state index in [1.54, 1.807) is 4.90 Å². The number of carbonyl (C=O) groups is 1. The van der Waals surface area contributed by atoms with E-state index in [0.717, 1.165) is 31.7 Å². The molecule has 1 amide bonds. The minimum Gasteiger partial charge on any atom is -0.450 e. The SMILES string of the molecule is CCOC(=O)N1CCC(NC(N)=NCCC2CCC2)CC1.I. The predicted molar refractivity (Wildman–Crippen MR) is 98.6 cm³/mol. The van der Waals surface area contributed by atoms with Gasteiger partial charge in [0.15, 0.2) is 5.96 Å². The summed E-state index contributed by atoms with van der Waals surface area (Å²) in [5, 5.41) is 3.27. The molecule has 128 valence electrons. The molecular weight excluding hydrogens is 395 g/mol. The zero-order valence-corrected chi connectivity index (χ0v) is 15.8. The highest BCUT2D eigenvalue weighted by Crippen LogP contribution is 2.29. The van der Waals surface area contributed by atoms with Crippen LogP contribution in [0.5, 0.6) is 0 Å². The molecule has 6 nitrogen and oxygen atoms in total. The lowest BCUT2D eigenvalue weighted by atomic mass is 9.83. The van der Waals surface area contributed by atoms with Crippen LogP contribution in [0.25, 0.3) is 0 Å². The van der Waals surface area contributed by atoms with E-state index in [1.165, 1.54) is 19.3 Å². The fraction of sp³-hybridized carbons (Fsp3) is 0.867. The Hall–Kier alpha value is -0.730. The lowest BCUT2D eigenvalue weighted by molar-refractivity contribution is 0.0963. The van der Waals surface area contributed by atoms with Crippen LogP contribution in [-0.4, -0.2) is 49.2 Å². The molecule has 2 aliphatic rings. The number of guanidine groups is 1. The first kappa shape index (κ1) is 19.3. The second kappa shape index (κ2) is 10.1. The van der Waals surface area contributed by atoms with Gasteiger partial charge in [-0.3, -0.25) is 4.99 Å². The quantitative estimate of drug-likeness (QED) is 0.403. The molecule has 1 heterocycles. The van der Waals surface area contributed by atoms with Crippen molar-refractivity contribution in [2.45, 2.75) is 51.5 Å². The van der Waals surface area contributed by atoms with Gasteiger partial charge in [0, 0.05) is 25.7 Å².